The Hall–Kier alpha value is -1.95. The van der Waals surface area contributed by atoms with Crippen molar-refractivity contribution in [1.82, 2.24) is 9.27 Å². The molecule has 0 fully saturated rings. The van der Waals surface area contributed by atoms with Gasteiger partial charge in [-0.1, -0.05) is 46.3 Å². The third kappa shape index (κ3) is 4.81. The molecule has 0 amide bonds. The number of hydrogen-bond donors (Lipinski definition) is 0. The lowest BCUT2D eigenvalue weighted by Gasteiger charge is -2.10. The third-order valence-electron chi connectivity index (χ3n) is 3.93. The van der Waals surface area contributed by atoms with E-state index in [1.54, 1.807) is 0 Å². The molecule has 2 aromatic carbocycles. The van der Waals surface area contributed by atoms with E-state index in [0.717, 1.165) is 44.7 Å². The van der Waals surface area contributed by atoms with Crippen molar-refractivity contribution in [2.24, 2.45) is 0 Å². The summed E-state index contributed by atoms with van der Waals surface area (Å²) in [4.78, 5) is 2.18. The zero-order valence-corrected chi connectivity index (χ0v) is 17.1. The zero-order chi connectivity index (χ0) is 18.4. The maximum atomic E-state index is 5.83. The quantitative estimate of drug-likeness (QED) is 0.425. The van der Waals surface area contributed by atoms with Gasteiger partial charge in [0.2, 0.25) is 0 Å². The van der Waals surface area contributed by atoms with Crippen LogP contribution >= 0.6 is 27.5 Å². The van der Waals surface area contributed by atoms with Gasteiger partial charge in [0, 0.05) is 28.5 Å². The van der Waals surface area contributed by atoms with Gasteiger partial charge in [0.15, 0.2) is 0 Å². The maximum Gasteiger partial charge on any atom is 0.121 e. The summed E-state index contributed by atoms with van der Waals surface area (Å²) in [5, 5.41) is 1.16. The Kier molecular flexibility index (Phi) is 6.61. The molecule has 0 aliphatic heterocycles. The van der Waals surface area contributed by atoms with E-state index in [-0.39, 0.29) is 0 Å². The molecule has 0 radical (unpaired) electrons. The molecule has 5 heteroatoms. The molecule has 0 saturated heterocycles. The number of hydrogen-bond acceptors (Lipinski definition) is 4. The number of fused-ring (bicyclic) bond motifs is 1. The predicted octanol–water partition coefficient (Wildman–Crippen LogP) is 5.78. The van der Waals surface area contributed by atoms with E-state index in [1.165, 1.54) is 11.5 Å². The van der Waals surface area contributed by atoms with Crippen LogP contribution in [0.5, 0.6) is 5.75 Å². The zero-order valence-electron chi connectivity index (χ0n) is 14.7. The number of halogens is 1. The smallest absolute Gasteiger partial charge is 0.121 e. The molecule has 0 bridgehead atoms. The molecular formula is C21H21BrN2OS. The van der Waals surface area contributed by atoms with Crippen LogP contribution in [-0.2, 0) is 0 Å². The lowest BCUT2D eigenvalue weighted by atomic mass is 10.1. The summed E-state index contributed by atoms with van der Waals surface area (Å²) in [6.07, 6.45) is 6.06. The number of nitrogens with zero attached hydrogens (tertiary/aromatic N) is 2. The van der Waals surface area contributed by atoms with Crippen LogP contribution in [0.2, 0.25) is 0 Å². The van der Waals surface area contributed by atoms with Crippen LogP contribution in [0.25, 0.3) is 21.3 Å². The van der Waals surface area contributed by atoms with E-state index in [4.69, 9.17) is 4.74 Å². The molecule has 3 aromatic rings. The molecule has 0 spiro atoms. The van der Waals surface area contributed by atoms with Crippen molar-refractivity contribution in [2.45, 2.75) is 0 Å². The van der Waals surface area contributed by atoms with Gasteiger partial charge in [-0.2, -0.15) is 4.37 Å². The van der Waals surface area contributed by atoms with E-state index in [0.29, 0.717) is 6.61 Å². The number of aromatic nitrogens is 1. The molecule has 0 unspecified atom stereocenters. The van der Waals surface area contributed by atoms with Crippen LogP contribution in [0.4, 0.5) is 0 Å². The Morgan fingerprint density at radius 3 is 2.73 bits per heavy atom. The van der Waals surface area contributed by atoms with Crippen LogP contribution in [-0.4, -0.2) is 36.0 Å². The van der Waals surface area contributed by atoms with Gasteiger partial charge in [0.1, 0.15) is 12.4 Å². The molecule has 0 N–H and O–H groups in total. The van der Waals surface area contributed by atoms with Crippen molar-refractivity contribution in [1.29, 1.82) is 0 Å². The highest BCUT2D eigenvalue weighted by atomic mass is 79.9. The maximum absolute atomic E-state index is 5.83. The summed E-state index contributed by atoms with van der Waals surface area (Å²) in [5.74, 6) is 0.868. The number of benzene rings is 2. The van der Waals surface area contributed by atoms with Crippen molar-refractivity contribution < 1.29 is 4.74 Å². The molecule has 0 aliphatic rings. The average Bonchev–Trinajstić information content (AvgIpc) is 3.05. The summed E-state index contributed by atoms with van der Waals surface area (Å²) >= 11 is 4.98. The van der Waals surface area contributed by atoms with Crippen molar-refractivity contribution in [3.63, 3.8) is 0 Å². The van der Waals surface area contributed by atoms with Gasteiger partial charge < -0.3 is 4.74 Å². The largest absolute Gasteiger partial charge is 0.489 e. The lowest BCUT2D eigenvalue weighted by Crippen LogP contribution is -2.17. The molecule has 134 valence electrons. The second-order valence-electron chi connectivity index (χ2n) is 5.99. The Labute approximate surface area is 166 Å². The number of rotatable bonds is 8. The highest BCUT2D eigenvalue weighted by molar-refractivity contribution is 9.10. The van der Waals surface area contributed by atoms with Gasteiger partial charge in [-0.15, -0.1) is 6.58 Å². The minimum absolute atomic E-state index is 0.561. The van der Waals surface area contributed by atoms with Gasteiger partial charge >= 0.3 is 0 Å². The Morgan fingerprint density at radius 2 is 1.96 bits per heavy atom. The molecule has 3 nitrogen and oxygen atoms in total. The molecule has 1 aromatic heterocycles. The van der Waals surface area contributed by atoms with Crippen molar-refractivity contribution >= 4 is 37.5 Å². The van der Waals surface area contributed by atoms with Crippen molar-refractivity contribution in [3.05, 3.63) is 71.7 Å². The van der Waals surface area contributed by atoms with E-state index in [1.807, 2.05) is 30.4 Å². The Balaban J connectivity index is 1.64. The summed E-state index contributed by atoms with van der Waals surface area (Å²) in [6.45, 7) is 6.07. The first-order valence-corrected chi connectivity index (χ1v) is 9.96. The number of likely N-dealkylation sites (N-methyl/N-ethyl adjacent to an activating group) is 1. The van der Waals surface area contributed by atoms with Gasteiger partial charge in [0.25, 0.3) is 0 Å². The molecule has 26 heavy (non-hydrogen) atoms. The van der Waals surface area contributed by atoms with E-state index in [2.05, 4.69) is 69.2 Å². The standard InChI is InChI=1S/C21H21BrN2OS/c1-3-12-24(2)13-4-5-14-25-18-10-11-19-20(15-18)26-23-21(19)16-6-8-17(22)9-7-16/h3-11,15H,1,12-14H2,2H3/b5-4+. The van der Waals surface area contributed by atoms with Crippen LogP contribution in [0.3, 0.4) is 0 Å². The predicted molar refractivity (Wildman–Crippen MR) is 115 cm³/mol. The molecule has 0 saturated carbocycles. The molecular weight excluding hydrogens is 408 g/mol. The van der Waals surface area contributed by atoms with Crippen LogP contribution in [0, 0.1) is 0 Å². The highest BCUT2D eigenvalue weighted by Crippen LogP contribution is 2.33. The normalized spacial score (nSPS) is 11.5. The third-order valence-corrected chi connectivity index (χ3v) is 5.27. The van der Waals surface area contributed by atoms with Crippen LogP contribution < -0.4 is 4.74 Å². The summed E-state index contributed by atoms with van der Waals surface area (Å²) in [7, 11) is 2.06. The van der Waals surface area contributed by atoms with E-state index < -0.39 is 0 Å². The molecule has 1 heterocycles. The van der Waals surface area contributed by atoms with Gasteiger partial charge in [-0.05, 0) is 48.9 Å². The lowest BCUT2D eigenvalue weighted by molar-refractivity contribution is 0.361. The summed E-state index contributed by atoms with van der Waals surface area (Å²) < 4.78 is 12.7. The highest BCUT2D eigenvalue weighted by Gasteiger charge is 2.09. The second-order valence-corrected chi connectivity index (χ2v) is 7.71. The topological polar surface area (TPSA) is 25.4 Å². The van der Waals surface area contributed by atoms with E-state index >= 15 is 0 Å². The Bertz CT molecular complexity index is 902. The first-order chi connectivity index (χ1) is 12.7. The summed E-state index contributed by atoms with van der Waals surface area (Å²) in [5.41, 5.74) is 2.15. The number of ether oxygens (including phenoxy) is 1. The van der Waals surface area contributed by atoms with Crippen LogP contribution in [0.15, 0.2) is 71.7 Å². The molecule has 3 rings (SSSR count). The SMILES string of the molecule is C=CCN(C)C/C=C/COc1ccc2c(-c3ccc(Br)cc3)nsc2c1. The van der Waals surface area contributed by atoms with Crippen LogP contribution in [0.1, 0.15) is 0 Å². The fourth-order valence-electron chi connectivity index (χ4n) is 2.59. The summed E-state index contributed by atoms with van der Waals surface area (Å²) in [6, 6.07) is 14.4. The minimum Gasteiger partial charge on any atom is -0.489 e. The van der Waals surface area contributed by atoms with Gasteiger partial charge in [0.05, 0.1) is 10.4 Å². The second kappa shape index (κ2) is 9.12. The van der Waals surface area contributed by atoms with Gasteiger partial charge in [-0.25, -0.2) is 0 Å². The van der Waals surface area contributed by atoms with Crippen molar-refractivity contribution in [2.75, 3.05) is 26.7 Å². The molecule has 0 aliphatic carbocycles. The van der Waals surface area contributed by atoms with Gasteiger partial charge in [-0.3, -0.25) is 4.90 Å². The first kappa shape index (κ1) is 18.8. The fraction of sp³-hybridized carbons (Fsp3) is 0.190. The minimum atomic E-state index is 0.561. The van der Waals surface area contributed by atoms with E-state index in [9.17, 15) is 0 Å². The molecule has 0 atom stereocenters. The monoisotopic (exact) mass is 428 g/mol. The van der Waals surface area contributed by atoms with Crippen molar-refractivity contribution in [3.8, 4) is 17.0 Å². The average molecular weight is 429 g/mol. The fourth-order valence-corrected chi connectivity index (χ4v) is 3.67. The first-order valence-electron chi connectivity index (χ1n) is 8.40. The Morgan fingerprint density at radius 1 is 1.15 bits per heavy atom.